The Morgan fingerprint density at radius 3 is 2.59 bits per heavy atom. The van der Waals surface area contributed by atoms with E-state index in [0.717, 1.165) is 31.8 Å². The molecule has 0 heterocycles. The Kier molecular flexibility index (Phi) is 8.36. The van der Waals surface area contributed by atoms with E-state index in [-0.39, 0.29) is 16.9 Å². The molecule has 0 spiro atoms. The van der Waals surface area contributed by atoms with Crippen LogP contribution in [0.5, 0.6) is 0 Å². The van der Waals surface area contributed by atoms with Gasteiger partial charge in [-0.2, -0.15) is 4.72 Å². The molecule has 9 heteroatoms. The molecule has 2 rings (SSSR count). The van der Waals surface area contributed by atoms with Crippen molar-refractivity contribution in [3.63, 3.8) is 0 Å². The summed E-state index contributed by atoms with van der Waals surface area (Å²) in [4.78, 5) is 23.7. The van der Waals surface area contributed by atoms with Crippen LogP contribution in [0.2, 0.25) is 0 Å². The molecule has 0 radical (unpaired) electrons. The van der Waals surface area contributed by atoms with E-state index in [1.807, 2.05) is 13.8 Å². The summed E-state index contributed by atoms with van der Waals surface area (Å²) in [5, 5.41) is 8.52. The Hall–Kier alpha value is -2.23. The topological polar surface area (TPSA) is 122 Å². The number of nitrogens with one attached hydrogen (secondary N) is 2. The lowest BCUT2D eigenvalue weighted by molar-refractivity contribution is -0.151. The summed E-state index contributed by atoms with van der Waals surface area (Å²) in [6.07, 6.45) is 6.24. The number of ether oxygens (including phenoxy) is 1. The maximum Gasteiger partial charge on any atom is 0.324 e. The highest BCUT2D eigenvalue weighted by Crippen LogP contribution is 2.22. The quantitative estimate of drug-likeness (QED) is 0.242. The van der Waals surface area contributed by atoms with Crippen molar-refractivity contribution in [1.82, 2.24) is 10.2 Å². The van der Waals surface area contributed by atoms with Gasteiger partial charge in [0.05, 0.1) is 4.90 Å². The van der Waals surface area contributed by atoms with E-state index in [4.69, 9.17) is 9.94 Å². The van der Waals surface area contributed by atoms with Crippen LogP contribution >= 0.6 is 0 Å². The summed E-state index contributed by atoms with van der Waals surface area (Å²) in [7, 11) is -3.99. The summed E-state index contributed by atoms with van der Waals surface area (Å²) in [6.45, 7) is 3.81. The first-order chi connectivity index (χ1) is 13.7. The number of benzene rings is 1. The van der Waals surface area contributed by atoms with Gasteiger partial charge in [-0.25, -0.2) is 13.9 Å². The van der Waals surface area contributed by atoms with Crippen LogP contribution < -0.4 is 10.2 Å². The van der Waals surface area contributed by atoms with Gasteiger partial charge in [-0.15, -0.1) is 0 Å². The highest BCUT2D eigenvalue weighted by molar-refractivity contribution is 7.89. The Morgan fingerprint density at radius 2 is 1.97 bits per heavy atom. The lowest BCUT2D eigenvalue weighted by Crippen LogP contribution is -2.43. The van der Waals surface area contributed by atoms with Gasteiger partial charge in [0, 0.05) is 6.08 Å². The third-order valence-electron chi connectivity index (χ3n) is 4.58. The molecule has 0 aromatic heterocycles. The molecule has 1 amide bonds. The smallest absolute Gasteiger partial charge is 0.324 e. The van der Waals surface area contributed by atoms with Crippen molar-refractivity contribution in [3.05, 3.63) is 35.9 Å². The molecule has 29 heavy (non-hydrogen) atoms. The van der Waals surface area contributed by atoms with Gasteiger partial charge in [-0.1, -0.05) is 26.0 Å². The molecular formula is C20H28N2O6S. The van der Waals surface area contributed by atoms with Crippen molar-refractivity contribution < 1.29 is 28.0 Å². The lowest BCUT2D eigenvalue weighted by atomic mass is 10.0. The number of hydroxylamine groups is 1. The molecule has 1 aromatic carbocycles. The van der Waals surface area contributed by atoms with Crippen LogP contribution in [0.1, 0.15) is 51.5 Å². The molecular weight excluding hydrogens is 396 g/mol. The van der Waals surface area contributed by atoms with Crippen LogP contribution in [0.25, 0.3) is 6.08 Å². The summed E-state index contributed by atoms with van der Waals surface area (Å²) in [6, 6.07) is 4.94. The molecule has 1 atom stereocenters. The fourth-order valence-corrected chi connectivity index (χ4v) is 4.42. The second-order valence-corrected chi connectivity index (χ2v) is 9.24. The van der Waals surface area contributed by atoms with Gasteiger partial charge in [0.2, 0.25) is 10.0 Å². The highest BCUT2D eigenvalue weighted by Gasteiger charge is 2.30. The third kappa shape index (κ3) is 7.26. The normalized spacial score (nSPS) is 16.3. The van der Waals surface area contributed by atoms with Crippen LogP contribution in [0.15, 0.2) is 35.2 Å². The van der Waals surface area contributed by atoms with Gasteiger partial charge >= 0.3 is 5.97 Å². The SMILES string of the molecule is CC(C)C[C@H](NS(=O)(=O)c1cccc(C=CC(=O)NO)c1)C(=O)OC1CCCC1. The van der Waals surface area contributed by atoms with Gasteiger partial charge in [-0.3, -0.25) is 14.8 Å². The first-order valence-corrected chi connectivity index (χ1v) is 11.1. The Labute approximate surface area is 171 Å². The van der Waals surface area contributed by atoms with E-state index in [2.05, 4.69) is 4.72 Å². The predicted molar refractivity (Wildman–Crippen MR) is 107 cm³/mol. The summed E-state index contributed by atoms with van der Waals surface area (Å²) in [5.74, 6) is -1.20. The molecule has 8 nitrogen and oxygen atoms in total. The van der Waals surface area contributed by atoms with Gasteiger partial charge in [-0.05, 0) is 61.8 Å². The number of amides is 1. The van der Waals surface area contributed by atoms with Crippen LogP contribution in [-0.2, 0) is 24.3 Å². The van der Waals surface area contributed by atoms with Crippen LogP contribution in [-0.4, -0.2) is 37.6 Å². The number of rotatable bonds is 9. The van der Waals surface area contributed by atoms with Crippen molar-refractivity contribution in [3.8, 4) is 0 Å². The monoisotopic (exact) mass is 424 g/mol. The summed E-state index contributed by atoms with van der Waals surface area (Å²) >= 11 is 0. The molecule has 0 saturated heterocycles. The van der Waals surface area contributed by atoms with E-state index >= 15 is 0 Å². The largest absolute Gasteiger partial charge is 0.461 e. The fraction of sp³-hybridized carbons (Fsp3) is 0.500. The molecule has 0 unspecified atom stereocenters. The molecule has 1 aliphatic rings. The Balaban J connectivity index is 2.17. The molecule has 160 valence electrons. The molecule has 1 saturated carbocycles. The maximum atomic E-state index is 12.9. The summed E-state index contributed by atoms with van der Waals surface area (Å²) < 4.78 is 33.7. The molecule has 1 fully saturated rings. The first kappa shape index (κ1) is 23.1. The number of carbonyl (C=O) groups is 2. The van der Waals surface area contributed by atoms with E-state index in [9.17, 15) is 18.0 Å². The molecule has 0 bridgehead atoms. The number of hydrogen-bond acceptors (Lipinski definition) is 6. The van der Waals surface area contributed by atoms with Crippen LogP contribution in [0.4, 0.5) is 0 Å². The molecule has 0 aliphatic heterocycles. The van der Waals surface area contributed by atoms with E-state index in [1.54, 1.807) is 6.07 Å². The Bertz CT molecular complexity index is 844. The second-order valence-electron chi connectivity index (χ2n) is 7.53. The number of sulfonamides is 1. The van der Waals surface area contributed by atoms with Crippen LogP contribution in [0.3, 0.4) is 0 Å². The minimum absolute atomic E-state index is 0.0357. The fourth-order valence-electron chi connectivity index (χ4n) is 3.17. The minimum Gasteiger partial charge on any atom is -0.461 e. The average molecular weight is 425 g/mol. The maximum absolute atomic E-state index is 12.9. The van der Waals surface area contributed by atoms with Crippen LogP contribution in [0, 0.1) is 5.92 Å². The molecule has 1 aliphatic carbocycles. The number of carbonyl (C=O) groups excluding carboxylic acids is 2. The van der Waals surface area contributed by atoms with E-state index in [1.165, 1.54) is 29.8 Å². The average Bonchev–Trinajstić information content (AvgIpc) is 3.18. The first-order valence-electron chi connectivity index (χ1n) is 9.66. The highest BCUT2D eigenvalue weighted by atomic mass is 32.2. The standard InChI is InChI=1S/C20H28N2O6S/c1-14(2)12-18(20(24)28-16-7-3-4-8-16)22-29(26,27)17-9-5-6-15(13-17)10-11-19(23)21-25/h5-6,9-11,13-14,16,18,22,25H,3-4,7-8,12H2,1-2H3,(H,21,23)/t18-/m0/s1. The lowest BCUT2D eigenvalue weighted by Gasteiger charge is -2.21. The van der Waals surface area contributed by atoms with E-state index in [0.29, 0.717) is 12.0 Å². The number of hydrogen-bond donors (Lipinski definition) is 3. The van der Waals surface area contributed by atoms with Crippen molar-refractivity contribution in [2.24, 2.45) is 5.92 Å². The van der Waals surface area contributed by atoms with Gasteiger partial charge < -0.3 is 4.74 Å². The van der Waals surface area contributed by atoms with Gasteiger partial charge in [0.1, 0.15) is 12.1 Å². The zero-order chi connectivity index (χ0) is 21.4. The second kappa shape index (κ2) is 10.5. The van der Waals surface area contributed by atoms with Crippen molar-refractivity contribution in [2.75, 3.05) is 0 Å². The molecule has 1 aromatic rings. The molecule has 3 N–H and O–H groups in total. The van der Waals surface area contributed by atoms with Gasteiger partial charge in [0.25, 0.3) is 5.91 Å². The van der Waals surface area contributed by atoms with Gasteiger partial charge in [0.15, 0.2) is 0 Å². The van der Waals surface area contributed by atoms with Crippen molar-refractivity contribution in [1.29, 1.82) is 0 Å². The minimum atomic E-state index is -3.99. The zero-order valence-corrected chi connectivity index (χ0v) is 17.4. The summed E-state index contributed by atoms with van der Waals surface area (Å²) in [5.41, 5.74) is 1.91. The predicted octanol–water partition coefficient (Wildman–Crippen LogP) is 2.38. The third-order valence-corrected chi connectivity index (χ3v) is 6.05. The van der Waals surface area contributed by atoms with Crippen molar-refractivity contribution in [2.45, 2.75) is 63.0 Å². The van der Waals surface area contributed by atoms with Crippen molar-refractivity contribution >= 4 is 28.0 Å². The zero-order valence-electron chi connectivity index (χ0n) is 16.6. The van der Waals surface area contributed by atoms with E-state index < -0.39 is 27.9 Å². The Morgan fingerprint density at radius 1 is 1.28 bits per heavy atom. The number of esters is 1.